The Hall–Kier alpha value is -3.90. The molecule has 2 saturated heterocycles. The third kappa shape index (κ3) is 5.69. The first kappa shape index (κ1) is 31.1. The minimum Gasteiger partial charge on any atom is -0.497 e. The molecule has 2 fully saturated rings. The highest BCUT2D eigenvalue weighted by atomic mass is 32.2. The number of ether oxygens (including phenoxy) is 1. The van der Waals surface area contributed by atoms with Gasteiger partial charge in [-0.3, -0.25) is 4.79 Å². The molecule has 0 radical (unpaired) electrons. The fourth-order valence-corrected chi connectivity index (χ4v) is 10.0. The van der Waals surface area contributed by atoms with Crippen molar-refractivity contribution < 1.29 is 30.8 Å². The molecule has 4 aromatic rings. The number of carbonyl (C=O) groups excluding carboxylic acids is 1. The predicted molar refractivity (Wildman–Crippen MR) is 167 cm³/mol. The molecule has 0 saturated carbocycles. The van der Waals surface area contributed by atoms with Gasteiger partial charge in [-0.2, -0.15) is 8.61 Å². The third-order valence-corrected chi connectivity index (χ3v) is 12.6. The molecule has 1 unspecified atom stereocenters. The fourth-order valence-electron chi connectivity index (χ4n) is 6.50. The number of rotatable bonds is 7. The van der Waals surface area contributed by atoms with Crippen LogP contribution in [0.1, 0.15) is 41.6 Å². The number of nitrogens with zero attached hydrogens (tertiary/aromatic N) is 2. The molecule has 0 bridgehead atoms. The second kappa shape index (κ2) is 12.1. The number of hydrogen-bond acceptors (Lipinski definition) is 6. The zero-order valence-corrected chi connectivity index (χ0v) is 26.4. The number of halogens is 1. The van der Waals surface area contributed by atoms with Crippen LogP contribution in [0.4, 0.5) is 4.39 Å². The van der Waals surface area contributed by atoms with Gasteiger partial charge in [-0.1, -0.05) is 66.2 Å². The maximum atomic E-state index is 15.5. The lowest BCUT2D eigenvalue weighted by Gasteiger charge is -2.51. The van der Waals surface area contributed by atoms with Gasteiger partial charge in [0.25, 0.3) is 0 Å². The minimum atomic E-state index is -4.21. The van der Waals surface area contributed by atoms with E-state index in [0.717, 1.165) is 5.56 Å². The van der Waals surface area contributed by atoms with Crippen LogP contribution in [0.15, 0.2) is 113 Å². The average molecular weight is 649 g/mol. The number of benzene rings is 4. The Morgan fingerprint density at radius 2 is 1.38 bits per heavy atom. The number of Topliss-reactive ketones (excluding diaryl/α,β-unsaturated/α-hetero) is 1. The summed E-state index contributed by atoms with van der Waals surface area (Å²) in [4.78, 5) is 14.0. The van der Waals surface area contributed by atoms with Crippen LogP contribution in [0.2, 0.25) is 0 Å². The molecule has 2 aliphatic rings. The molecule has 0 aliphatic carbocycles. The highest BCUT2D eigenvalue weighted by molar-refractivity contribution is 7.89. The Morgan fingerprint density at radius 1 is 0.756 bits per heavy atom. The van der Waals surface area contributed by atoms with E-state index in [1.807, 2.05) is 6.92 Å². The van der Waals surface area contributed by atoms with Crippen LogP contribution in [-0.4, -0.2) is 50.9 Å². The summed E-state index contributed by atoms with van der Waals surface area (Å²) in [6.07, 6.45) is -0.274. The van der Waals surface area contributed by atoms with Crippen LogP contribution in [0.25, 0.3) is 0 Å². The summed E-state index contributed by atoms with van der Waals surface area (Å²) in [5.74, 6) is -1.26. The van der Waals surface area contributed by atoms with Crippen molar-refractivity contribution in [3.63, 3.8) is 0 Å². The van der Waals surface area contributed by atoms with E-state index in [9.17, 15) is 21.6 Å². The lowest BCUT2D eigenvalue weighted by atomic mass is 9.77. The molecule has 8 nitrogen and oxygen atoms in total. The Labute approximate surface area is 263 Å². The van der Waals surface area contributed by atoms with Gasteiger partial charge in [0.1, 0.15) is 17.3 Å². The number of fused-ring (bicyclic) bond motifs is 1. The number of piperidine rings is 2. The smallest absolute Gasteiger partial charge is 0.243 e. The number of sulfonamides is 2. The standard InChI is InChI=1S/C34H33FN2O6S2/c1-23-12-18-27(19-13-23)44(39,40)36-22-29-33(20-32(36)28-10-6-7-11-30(28)35)37(45(41,42)26-8-4-3-5-9-26)31(21-34(29)38)24-14-16-25(43-2)17-15-24/h3-19,29,31-33H,20-22H2,1-2H3/t29-,31+,32?,33+/m1/s1. The number of aryl methyl sites for hydroxylation is 1. The SMILES string of the molecule is COc1ccc([C@@H]2CC(=O)[C@@H]3CN(S(=O)(=O)c4ccc(C)cc4)C(c4ccccc4F)C[C@@H]3N2S(=O)(=O)c2ccccc2)cc1. The van der Waals surface area contributed by atoms with E-state index in [1.165, 1.54) is 58.2 Å². The van der Waals surface area contributed by atoms with Gasteiger partial charge in [-0.25, -0.2) is 21.2 Å². The van der Waals surface area contributed by atoms with Gasteiger partial charge in [0.15, 0.2) is 0 Å². The summed E-state index contributed by atoms with van der Waals surface area (Å²) in [5, 5.41) is 0. The van der Waals surface area contributed by atoms with Crippen LogP contribution in [0.3, 0.4) is 0 Å². The van der Waals surface area contributed by atoms with E-state index in [2.05, 4.69) is 0 Å². The summed E-state index contributed by atoms with van der Waals surface area (Å²) in [7, 11) is -6.89. The molecule has 2 aliphatic heterocycles. The molecule has 11 heteroatoms. The van der Waals surface area contributed by atoms with Gasteiger partial charge >= 0.3 is 0 Å². The zero-order valence-electron chi connectivity index (χ0n) is 24.8. The van der Waals surface area contributed by atoms with Crippen molar-refractivity contribution in [1.29, 1.82) is 0 Å². The van der Waals surface area contributed by atoms with E-state index in [0.29, 0.717) is 11.3 Å². The van der Waals surface area contributed by atoms with E-state index in [4.69, 9.17) is 4.74 Å². The molecular formula is C34H33FN2O6S2. The molecular weight excluding hydrogens is 616 g/mol. The van der Waals surface area contributed by atoms with E-state index in [-0.39, 0.29) is 40.5 Å². The molecule has 0 N–H and O–H groups in total. The van der Waals surface area contributed by atoms with Crippen LogP contribution >= 0.6 is 0 Å². The Morgan fingerprint density at radius 3 is 2.02 bits per heavy atom. The molecule has 0 aromatic heterocycles. The maximum Gasteiger partial charge on any atom is 0.243 e. The van der Waals surface area contributed by atoms with E-state index < -0.39 is 49.9 Å². The average Bonchev–Trinajstić information content (AvgIpc) is 3.05. The van der Waals surface area contributed by atoms with Gasteiger partial charge in [0.2, 0.25) is 20.0 Å². The van der Waals surface area contributed by atoms with Crippen LogP contribution in [0.5, 0.6) is 5.75 Å². The molecule has 0 amide bonds. The zero-order chi connectivity index (χ0) is 31.9. The monoisotopic (exact) mass is 648 g/mol. The van der Waals surface area contributed by atoms with Crippen molar-refractivity contribution in [2.45, 2.75) is 47.7 Å². The topological polar surface area (TPSA) is 101 Å². The first-order valence-electron chi connectivity index (χ1n) is 14.6. The van der Waals surface area contributed by atoms with Crippen molar-refractivity contribution in [2.24, 2.45) is 5.92 Å². The number of hydrogen-bond donors (Lipinski definition) is 0. The lowest BCUT2D eigenvalue weighted by Crippen LogP contribution is -2.61. The van der Waals surface area contributed by atoms with Crippen molar-refractivity contribution in [3.8, 4) is 5.75 Å². The van der Waals surface area contributed by atoms with E-state index in [1.54, 1.807) is 60.7 Å². The number of ketones is 1. The molecule has 0 spiro atoms. The first-order chi connectivity index (χ1) is 21.5. The minimum absolute atomic E-state index is 0.0148. The van der Waals surface area contributed by atoms with Gasteiger partial charge < -0.3 is 4.74 Å². The maximum absolute atomic E-state index is 15.5. The summed E-state index contributed by atoms with van der Waals surface area (Å²) in [6, 6.07) is 24.2. The summed E-state index contributed by atoms with van der Waals surface area (Å²) < 4.78 is 80.6. The van der Waals surface area contributed by atoms with Crippen molar-refractivity contribution in [1.82, 2.24) is 8.61 Å². The highest BCUT2D eigenvalue weighted by Crippen LogP contribution is 2.48. The van der Waals surface area contributed by atoms with Crippen LogP contribution in [0, 0.1) is 18.7 Å². The Balaban J connectivity index is 1.51. The van der Waals surface area contributed by atoms with Gasteiger partial charge in [-0.15, -0.1) is 0 Å². The molecule has 6 rings (SSSR count). The van der Waals surface area contributed by atoms with Gasteiger partial charge in [-0.05, 0) is 61.4 Å². The Kier molecular flexibility index (Phi) is 8.38. The fraction of sp³-hybridized carbons (Fsp3) is 0.265. The number of carbonyl (C=O) groups is 1. The summed E-state index contributed by atoms with van der Waals surface area (Å²) >= 11 is 0. The van der Waals surface area contributed by atoms with Crippen molar-refractivity contribution in [2.75, 3.05) is 13.7 Å². The molecule has 4 atom stereocenters. The highest BCUT2D eigenvalue weighted by Gasteiger charge is 2.54. The second-order valence-corrected chi connectivity index (χ2v) is 15.2. The number of methoxy groups -OCH3 is 1. The lowest BCUT2D eigenvalue weighted by molar-refractivity contribution is -0.132. The summed E-state index contributed by atoms with van der Waals surface area (Å²) in [6.45, 7) is 1.54. The quantitative estimate of drug-likeness (QED) is 0.256. The van der Waals surface area contributed by atoms with Crippen molar-refractivity contribution in [3.05, 3.63) is 126 Å². The second-order valence-electron chi connectivity index (χ2n) is 11.4. The Bertz CT molecular complexity index is 1920. The first-order valence-corrected chi connectivity index (χ1v) is 17.5. The predicted octanol–water partition coefficient (Wildman–Crippen LogP) is 5.67. The van der Waals surface area contributed by atoms with Gasteiger partial charge in [0.05, 0.1) is 29.0 Å². The largest absolute Gasteiger partial charge is 0.497 e. The third-order valence-electron chi connectivity index (χ3n) is 8.81. The molecule has 4 aromatic carbocycles. The molecule has 45 heavy (non-hydrogen) atoms. The van der Waals surface area contributed by atoms with Gasteiger partial charge in [0, 0.05) is 30.5 Å². The van der Waals surface area contributed by atoms with Crippen molar-refractivity contribution >= 4 is 25.8 Å². The molecule has 2 heterocycles. The van der Waals surface area contributed by atoms with Crippen LogP contribution in [-0.2, 0) is 24.8 Å². The van der Waals surface area contributed by atoms with E-state index >= 15 is 4.39 Å². The molecule has 234 valence electrons. The summed E-state index contributed by atoms with van der Waals surface area (Å²) in [5.41, 5.74) is 1.58. The van der Waals surface area contributed by atoms with Crippen LogP contribution < -0.4 is 4.74 Å². The normalized spacial score (nSPS) is 23.0.